The fraction of sp³-hybridized carbons (Fsp3) is 0.200. The Labute approximate surface area is 99.5 Å². The highest BCUT2D eigenvalue weighted by atomic mass is 79.9. The molecular formula is C10H8BrNO2S. The minimum Gasteiger partial charge on any atom is -0.314 e. The summed E-state index contributed by atoms with van der Waals surface area (Å²) in [5.41, 5.74) is 0. The molecule has 0 N–H and O–H groups in total. The monoisotopic (exact) mass is 285 g/mol. The van der Waals surface area contributed by atoms with Crippen molar-refractivity contribution in [3.05, 3.63) is 33.1 Å². The zero-order chi connectivity index (χ0) is 10.8. The van der Waals surface area contributed by atoms with Crippen LogP contribution in [0.5, 0.6) is 0 Å². The maximum atomic E-state index is 11.9. The van der Waals surface area contributed by atoms with Gasteiger partial charge in [0, 0.05) is 23.6 Å². The molecule has 3 nitrogen and oxygen atoms in total. The Kier molecular flexibility index (Phi) is 3.02. The van der Waals surface area contributed by atoms with Crippen molar-refractivity contribution in [1.29, 1.82) is 0 Å². The standard InChI is InChI=1S/C10H8BrNO2S/c11-8-3-6-15-9(8)10(14)12-4-1-7(13)2-5-12/h1,3-4,6H,2,5H2. The molecule has 1 aromatic rings. The predicted molar refractivity (Wildman–Crippen MR) is 61.8 cm³/mol. The molecule has 1 aliphatic rings. The predicted octanol–water partition coefficient (Wildman–Crippen LogP) is 2.44. The quantitative estimate of drug-likeness (QED) is 0.795. The average molecular weight is 286 g/mol. The first-order valence-electron chi connectivity index (χ1n) is 4.43. The van der Waals surface area contributed by atoms with Gasteiger partial charge in [-0.05, 0) is 33.5 Å². The number of thiophene rings is 1. The summed E-state index contributed by atoms with van der Waals surface area (Å²) in [7, 11) is 0. The van der Waals surface area contributed by atoms with E-state index in [4.69, 9.17) is 0 Å². The summed E-state index contributed by atoms with van der Waals surface area (Å²) in [5, 5.41) is 1.86. The molecule has 0 fully saturated rings. The maximum absolute atomic E-state index is 11.9. The molecule has 78 valence electrons. The van der Waals surface area contributed by atoms with E-state index in [9.17, 15) is 9.59 Å². The van der Waals surface area contributed by atoms with Crippen LogP contribution >= 0.6 is 27.3 Å². The molecule has 0 saturated carbocycles. The van der Waals surface area contributed by atoms with Crippen LogP contribution in [0.25, 0.3) is 0 Å². The molecular weight excluding hydrogens is 278 g/mol. The van der Waals surface area contributed by atoms with Gasteiger partial charge in [0.05, 0.1) is 0 Å². The molecule has 0 saturated heterocycles. The topological polar surface area (TPSA) is 37.4 Å². The zero-order valence-corrected chi connectivity index (χ0v) is 10.2. The normalized spacial score (nSPS) is 15.8. The van der Waals surface area contributed by atoms with E-state index >= 15 is 0 Å². The average Bonchev–Trinajstić information content (AvgIpc) is 2.65. The summed E-state index contributed by atoms with van der Waals surface area (Å²) in [5.74, 6) is 0.0184. The lowest BCUT2D eigenvalue weighted by Crippen LogP contribution is -2.30. The van der Waals surface area contributed by atoms with Gasteiger partial charge < -0.3 is 4.90 Å². The second-order valence-corrected chi connectivity index (χ2v) is 4.90. The Bertz CT molecular complexity index is 438. The highest BCUT2D eigenvalue weighted by molar-refractivity contribution is 9.10. The molecule has 2 heterocycles. The Morgan fingerprint density at radius 3 is 2.87 bits per heavy atom. The third-order valence-corrected chi connectivity index (χ3v) is 3.94. The fourth-order valence-electron chi connectivity index (χ4n) is 1.31. The van der Waals surface area contributed by atoms with Crippen molar-refractivity contribution in [2.24, 2.45) is 0 Å². The minimum absolute atomic E-state index is 0.0550. The van der Waals surface area contributed by atoms with Crippen LogP contribution in [0.4, 0.5) is 0 Å². The van der Waals surface area contributed by atoms with Crippen molar-refractivity contribution in [3.8, 4) is 0 Å². The van der Waals surface area contributed by atoms with Crippen LogP contribution in [-0.2, 0) is 4.79 Å². The number of hydrogen-bond acceptors (Lipinski definition) is 3. The van der Waals surface area contributed by atoms with Crippen LogP contribution in [0.1, 0.15) is 16.1 Å². The zero-order valence-electron chi connectivity index (χ0n) is 7.77. The van der Waals surface area contributed by atoms with Gasteiger partial charge in [-0.2, -0.15) is 0 Å². The Morgan fingerprint density at radius 2 is 2.33 bits per heavy atom. The fourth-order valence-corrected chi connectivity index (χ4v) is 2.80. The van der Waals surface area contributed by atoms with Gasteiger partial charge in [0.15, 0.2) is 5.78 Å². The van der Waals surface area contributed by atoms with Crippen molar-refractivity contribution < 1.29 is 9.59 Å². The van der Waals surface area contributed by atoms with E-state index in [0.717, 1.165) is 4.47 Å². The Morgan fingerprint density at radius 1 is 1.53 bits per heavy atom. The molecule has 5 heteroatoms. The van der Waals surface area contributed by atoms with Gasteiger partial charge >= 0.3 is 0 Å². The van der Waals surface area contributed by atoms with E-state index in [1.807, 2.05) is 11.4 Å². The third-order valence-electron chi connectivity index (χ3n) is 2.11. The van der Waals surface area contributed by atoms with Crippen molar-refractivity contribution in [2.75, 3.05) is 6.54 Å². The second-order valence-electron chi connectivity index (χ2n) is 3.13. The van der Waals surface area contributed by atoms with E-state index in [1.165, 1.54) is 17.4 Å². The minimum atomic E-state index is -0.0550. The van der Waals surface area contributed by atoms with Gasteiger partial charge in [-0.25, -0.2) is 0 Å². The maximum Gasteiger partial charge on any atom is 0.269 e. The van der Waals surface area contributed by atoms with Gasteiger partial charge in [0.25, 0.3) is 5.91 Å². The first-order valence-corrected chi connectivity index (χ1v) is 6.11. The molecule has 0 spiro atoms. The molecule has 0 radical (unpaired) electrons. The summed E-state index contributed by atoms with van der Waals surface area (Å²) in [6, 6.07) is 1.84. The number of ketones is 1. The third kappa shape index (κ3) is 2.18. The number of rotatable bonds is 1. The number of amides is 1. The van der Waals surface area contributed by atoms with Crippen molar-refractivity contribution in [3.63, 3.8) is 0 Å². The van der Waals surface area contributed by atoms with Crippen LogP contribution in [0, 0.1) is 0 Å². The van der Waals surface area contributed by atoms with Crippen molar-refractivity contribution in [1.82, 2.24) is 4.90 Å². The number of nitrogens with zero attached hydrogens (tertiary/aromatic N) is 1. The van der Waals surface area contributed by atoms with Gasteiger partial charge in [-0.3, -0.25) is 9.59 Å². The Hall–Kier alpha value is -0.940. The smallest absolute Gasteiger partial charge is 0.269 e. The highest BCUT2D eigenvalue weighted by Gasteiger charge is 2.20. The van der Waals surface area contributed by atoms with Gasteiger partial charge in [0.2, 0.25) is 0 Å². The number of hydrogen-bond donors (Lipinski definition) is 0. The van der Waals surface area contributed by atoms with E-state index in [0.29, 0.717) is 17.8 Å². The second kappa shape index (κ2) is 4.28. The van der Waals surface area contributed by atoms with Crippen LogP contribution in [0.3, 0.4) is 0 Å². The first kappa shape index (κ1) is 10.6. The van der Waals surface area contributed by atoms with Gasteiger partial charge in [-0.1, -0.05) is 0 Å². The summed E-state index contributed by atoms with van der Waals surface area (Å²) in [6.07, 6.45) is 3.41. The largest absolute Gasteiger partial charge is 0.314 e. The van der Waals surface area contributed by atoms with E-state index in [-0.39, 0.29) is 11.7 Å². The van der Waals surface area contributed by atoms with Crippen LogP contribution < -0.4 is 0 Å². The summed E-state index contributed by atoms with van der Waals surface area (Å²) < 4.78 is 0.808. The first-order chi connectivity index (χ1) is 7.18. The van der Waals surface area contributed by atoms with E-state index in [1.54, 1.807) is 11.1 Å². The summed E-state index contributed by atoms with van der Waals surface area (Å²) in [6.45, 7) is 0.471. The van der Waals surface area contributed by atoms with Crippen molar-refractivity contribution >= 4 is 39.0 Å². The summed E-state index contributed by atoms with van der Waals surface area (Å²) >= 11 is 4.71. The number of halogens is 1. The lowest BCUT2D eigenvalue weighted by molar-refractivity contribution is -0.115. The number of carbonyl (C=O) groups excluding carboxylic acids is 2. The van der Waals surface area contributed by atoms with Crippen LogP contribution in [0.15, 0.2) is 28.2 Å². The Balaban J connectivity index is 2.19. The van der Waals surface area contributed by atoms with Crippen LogP contribution in [-0.4, -0.2) is 23.1 Å². The summed E-state index contributed by atoms with van der Waals surface area (Å²) in [4.78, 5) is 25.1. The molecule has 0 atom stereocenters. The highest BCUT2D eigenvalue weighted by Crippen LogP contribution is 2.24. The molecule has 0 bridgehead atoms. The molecule has 1 aromatic heterocycles. The number of carbonyl (C=O) groups is 2. The molecule has 15 heavy (non-hydrogen) atoms. The van der Waals surface area contributed by atoms with Crippen molar-refractivity contribution in [2.45, 2.75) is 6.42 Å². The molecule has 0 unspecified atom stereocenters. The molecule has 1 amide bonds. The molecule has 0 aliphatic carbocycles. The van der Waals surface area contributed by atoms with Gasteiger partial charge in [0.1, 0.15) is 4.88 Å². The lowest BCUT2D eigenvalue weighted by atomic mass is 10.2. The van der Waals surface area contributed by atoms with Crippen LogP contribution in [0.2, 0.25) is 0 Å². The lowest BCUT2D eigenvalue weighted by Gasteiger charge is -2.20. The van der Waals surface area contributed by atoms with Gasteiger partial charge in [-0.15, -0.1) is 11.3 Å². The SMILES string of the molecule is O=C1C=CN(C(=O)c2sccc2Br)CC1. The molecule has 0 aromatic carbocycles. The van der Waals surface area contributed by atoms with E-state index < -0.39 is 0 Å². The number of allylic oxidation sites excluding steroid dienone is 1. The van der Waals surface area contributed by atoms with E-state index in [2.05, 4.69) is 15.9 Å². The molecule has 1 aliphatic heterocycles. The molecule has 2 rings (SSSR count).